The highest BCUT2D eigenvalue weighted by atomic mass is 32.1. The number of ether oxygens (including phenoxy) is 1. The van der Waals surface area contributed by atoms with Crippen molar-refractivity contribution in [2.45, 2.75) is 13.0 Å². The lowest BCUT2D eigenvalue weighted by molar-refractivity contribution is 0.0970. The minimum Gasteiger partial charge on any atom is -0.496 e. The number of amides is 1. The molecule has 0 N–H and O–H groups in total. The van der Waals surface area contributed by atoms with Crippen LogP contribution in [0.2, 0.25) is 0 Å². The van der Waals surface area contributed by atoms with Gasteiger partial charge in [-0.1, -0.05) is 41.2 Å². The smallest absolute Gasteiger partial charge is 0.297 e. The lowest BCUT2D eigenvalue weighted by atomic mass is 9.97. The van der Waals surface area contributed by atoms with Gasteiger partial charge in [-0.05, 0) is 25.1 Å². The number of carbonyl (C=O) groups is 1. The molecule has 0 fully saturated rings. The summed E-state index contributed by atoms with van der Waals surface area (Å²) in [5, 5.41) is 8.75. The average molecular weight is 405 g/mol. The summed E-state index contributed by atoms with van der Waals surface area (Å²) in [4.78, 5) is 28.3. The maximum Gasteiger partial charge on any atom is 0.297 e. The van der Waals surface area contributed by atoms with Gasteiger partial charge in [0.25, 0.3) is 5.91 Å². The van der Waals surface area contributed by atoms with E-state index in [1.54, 1.807) is 30.8 Å². The van der Waals surface area contributed by atoms with Crippen LogP contribution in [0.25, 0.3) is 11.0 Å². The van der Waals surface area contributed by atoms with Crippen molar-refractivity contribution in [3.05, 3.63) is 80.6 Å². The van der Waals surface area contributed by atoms with Crippen molar-refractivity contribution in [2.75, 3.05) is 12.0 Å². The third-order valence-electron chi connectivity index (χ3n) is 5.01. The molecular formula is C21H15N3O4S. The van der Waals surface area contributed by atoms with E-state index in [9.17, 15) is 9.59 Å². The van der Waals surface area contributed by atoms with Gasteiger partial charge in [0.05, 0.1) is 18.1 Å². The number of aromatic nitrogens is 2. The second-order valence-electron chi connectivity index (χ2n) is 6.71. The molecule has 1 aliphatic rings. The number of methoxy groups -OCH3 is 1. The SMILES string of the molecule is COc1ccccc1C1c2c(oc3ccc(C)cc3c2=O)C(=O)N1c1nncs1. The largest absolute Gasteiger partial charge is 0.496 e. The van der Waals surface area contributed by atoms with Gasteiger partial charge >= 0.3 is 0 Å². The number of fused-ring (bicyclic) bond motifs is 2. The van der Waals surface area contributed by atoms with E-state index < -0.39 is 11.9 Å². The zero-order valence-electron chi connectivity index (χ0n) is 15.6. The van der Waals surface area contributed by atoms with Gasteiger partial charge in [0.2, 0.25) is 10.9 Å². The molecule has 5 rings (SSSR count). The molecule has 1 atom stereocenters. The lowest BCUT2D eigenvalue weighted by Crippen LogP contribution is -2.29. The molecule has 8 heteroatoms. The lowest BCUT2D eigenvalue weighted by Gasteiger charge is -2.23. The molecule has 0 aliphatic carbocycles. The first-order valence-electron chi connectivity index (χ1n) is 8.90. The number of carbonyl (C=O) groups excluding carboxylic acids is 1. The number of anilines is 1. The molecule has 2 aromatic heterocycles. The summed E-state index contributed by atoms with van der Waals surface area (Å²) in [6.45, 7) is 1.91. The molecule has 0 bridgehead atoms. The number of nitrogens with zero attached hydrogens (tertiary/aromatic N) is 3. The van der Waals surface area contributed by atoms with Crippen LogP contribution in [0.1, 0.15) is 33.3 Å². The van der Waals surface area contributed by atoms with Crippen LogP contribution in [0.4, 0.5) is 5.13 Å². The zero-order chi connectivity index (χ0) is 20.1. The summed E-state index contributed by atoms with van der Waals surface area (Å²) in [5.41, 5.74) is 3.58. The third kappa shape index (κ3) is 2.56. The monoisotopic (exact) mass is 405 g/mol. The second kappa shape index (κ2) is 6.52. The Morgan fingerprint density at radius 2 is 2.00 bits per heavy atom. The Hall–Kier alpha value is -3.52. The van der Waals surface area contributed by atoms with Crippen LogP contribution < -0.4 is 15.1 Å². The van der Waals surface area contributed by atoms with Crippen LogP contribution in [0, 0.1) is 6.92 Å². The van der Waals surface area contributed by atoms with E-state index in [1.165, 1.54) is 16.2 Å². The number of aryl methyl sites for hydroxylation is 1. The fourth-order valence-electron chi connectivity index (χ4n) is 3.74. The molecule has 1 unspecified atom stereocenters. The summed E-state index contributed by atoms with van der Waals surface area (Å²) in [7, 11) is 1.55. The van der Waals surface area contributed by atoms with Crippen LogP contribution in [-0.4, -0.2) is 23.2 Å². The molecule has 0 saturated heterocycles. The van der Waals surface area contributed by atoms with Gasteiger partial charge < -0.3 is 9.15 Å². The van der Waals surface area contributed by atoms with Gasteiger partial charge in [-0.3, -0.25) is 14.5 Å². The van der Waals surface area contributed by atoms with Crippen molar-refractivity contribution in [2.24, 2.45) is 0 Å². The Kier molecular flexibility index (Phi) is 3.95. The first-order chi connectivity index (χ1) is 14.1. The third-order valence-corrected chi connectivity index (χ3v) is 5.70. The van der Waals surface area contributed by atoms with Gasteiger partial charge in [0.1, 0.15) is 22.9 Å². The van der Waals surface area contributed by atoms with E-state index in [2.05, 4.69) is 10.2 Å². The van der Waals surface area contributed by atoms with Gasteiger partial charge in [-0.2, -0.15) is 0 Å². The van der Waals surface area contributed by atoms with E-state index in [1.807, 2.05) is 31.2 Å². The molecule has 1 amide bonds. The predicted octanol–water partition coefficient (Wildman–Crippen LogP) is 3.71. The van der Waals surface area contributed by atoms with Crippen molar-refractivity contribution in [1.29, 1.82) is 0 Å². The molecule has 0 saturated carbocycles. The molecule has 0 radical (unpaired) electrons. The molecule has 3 heterocycles. The summed E-state index contributed by atoms with van der Waals surface area (Å²) in [6, 6.07) is 11.9. The standard InChI is InChI=1S/C21H15N3O4S/c1-11-7-8-15-13(9-11)18(25)16-17(12-5-3-4-6-14(12)27-2)24(20(26)19(16)28-15)21-23-22-10-29-21/h3-10,17H,1-2H3. The Morgan fingerprint density at radius 3 is 2.76 bits per heavy atom. The van der Waals surface area contributed by atoms with E-state index >= 15 is 0 Å². The van der Waals surface area contributed by atoms with Gasteiger partial charge in [-0.15, -0.1) is 10.2 Å². The molecule has 7 nitrogen and oxygen atoms in total. The molecule has 2 aromatic carbocycles. The Balaban J connectivity index is 1.86. The first-order valence-corrected chi connectivity index (χ1v) is 9.78. The minimum atomic E-state index is -0.720. The number of hydrogen-bond acceptors (Lipinski definition) is 7. The molecule has 1 aliphatic heterocycles. The molecule has 144 valence electrons. The first kappa shape index (κ1) is 17.6. The highest BCUT2D eigenvalue weighted by Gasteiger charge is 2.45. The Morgan fingerprint density at radius 1 is 1.17 bits per heavy atom. The molecule has 4 aromatic rings. The molecular weight excluding hydrogens is 390 g/mol. The summed E-state index contributed by atoms with van der Waals surface area (Å²) < 4.78 is 11.4. The maximum absolute atomic E-state index is 13.5. The number of benzene rings is 2. The Labute approximate surface area is 169 Å². The molecule has 29 heavy (non-hydrogen) atoms. The number of para-hydroxylation sites is 1. The van der Waals surface area contributed by atoms with Crippen molar-refractivity contribution in [1.82, 2.24) is 10.2 Å². The van der Waals surface area contributed by atoms with E-state index in [0.717, 1.165) is 5.56 Å². The van der Waals surface area contributed by atoms with Crippen LogP contribution in [0.15, 0.2) is 57.2 Å². The van der Waals surface area contributed by atoms with Crippen molar-refractivity contribution in [3.8, 4) is 5.75 Å². The summed E-state index contributed by atoms with van der Waals surface area (Å²) in [5.74, 6) is 0.168. The zero-order valence-corrected chi connectivity index (χ0v) is 16.4. The van der Waals surface area contributed by atoms with Crippen molar-refractivity contribution < 1.29 is 13.9 Å². The van der Waals surface area contributed by atoms with Crippen LogP contribution in [0.3, 0.4) is 0 Å². The summed E-state index contributed by atoms with van der Waals surface area (Å²) >= 11 is 1.22. The van der Waals surface area contributed by atoms with Crippen molar-refractivity contribution >= 4 is 33.3 Å². The number of rotatable bonds is 3. The van der Waals surface area contributed by atoms with E-state index in [0.29, 0.717) is 27.4 Å². The summed E-state index contributed by atoms with van der Waals surface area (Å²) in [6.07, 6.45) is 0. The van der Waals surface area contributed by atoms with Gasteiger partial charge in [-0.25, -0.2) is 0 Å². The minimum absolute atomic E-state index is 0.0254. The highest BCUT2D eigenvalue weighted by molar-refractivity contribution is 7.13. The normalized spacial score (nSPS) is 15.7. The quantitative estimate of drug-likeness (QED) is 0.517. The highest BCUT2D eigenvalue weighted by Crippen LogP contribution is 2.44. The topological polar surface area (TPSA) is 85.5 Å². The molecule has 0 spiro atoms. The van der Waals surface area contributed by atoms with Gasteiger partial charge in [0, 0.05) is 5.56 Å². The average Bonchev–Trinajstić information content (AvgIpc) is 3.35. The van der Waals surface area contributed by atoms with Crippen LogP contribution in [-0.2, 0) is 0 Å². The second-order valence-corrected chi connectivity index (χ2v) is 7.53. The van der Waals surface area contributed by atoms with Gasteiger partial charge in [0.15, 0.2) is 5.43 Å². The van der Waals surface area contributed by atoms with Crippen LogP contribution in [0.5, 0.6) is 5.75 Å². The van der Waals surface area contributed by atoms with Crippen LogP contribution >= 0.6 is 11.3 Å². The van der Waals surface area contributed by atoms with Crippen molar-refractivity contribution in [3.63, 3.8) is 0 Å². The van der Waals surface area contributed by atoms with E-state index in [-0.39, 0.29) is 16.8 Å². The number of hydrogen-bond donors (Lipinski definition) is 0. The Bertz CT molecular complexity index is 1310. The van der Waals surface area contributed by atoms with E-state index in [4.69, 9.17) is 9.15 Å². The fourth-order valence-corrected chi connectivity index (χ4v) is 4.33. The predicted molar refractivity (Wildman–Crippen MR) is 109 cm³/mol. The fraction of sp³-hybridized carbons (Fsp3) is 0.143. The maximum atomic E-state index is 13.5.